The van der Waals surface area contributed by atoms with Gasteiger partial charge in [-0.15, -0.1) is 0 Å². The summed E-state index contributed by atoms with van der Waals surface area (Å²) in [7, 11) is -3.45. The summed E-state index contributed by atoms with van der Waals surface area (Å²) in [4.78, 5) is 0.228. The second-order valence-electron chi connectivity index (χ2n) is 4.45. The number of sulfonamides is 1. The van der Waals surface area contributed by atoms with Crippen LogP contribution in [0.1, 0.15) is 5.56 Å². The largest absolute Gasteiger partial charge is 0.399 e. The monoisotopic (exact) mass is 256 g/mol. The van der Waals surface area contributed by atoms with E-state index in [1.165, 1.54) is 10.4 Å². The first-order valence-electron chi connectivity index (χ1n) is 5.41. The summed E-state index contributed by atoms with van der Waals surface area (Å²) < 4.78 is 25.7. The van der Waals surface area contributed by atoms with Crippen LogP contribution in [-0.2, 0) is 10.0 Å². The molecule has 3 N–H and O–H groups in total. The first-order valence-corrected chi connectivity index (χ1v) is 6.85. The summed E-state index contributed by atoms with van der Waals surface area (Å²) in [6, 6.07) is 4.80. The highest BCUT2D eigenvalue weighted by Crippen LogP contribution is 2.26. The molecule has 1 aromatic carbocycles. The number of aryl methyl sites for hydroxylation is 1. The number of aliphatic hydroxyl groups is 1. The van der Waals surface area contributed by atoms with Crippen LogP contribution >= 0.6 is 0 Å². The van der Waals surface area contributed by atoms with Crippen molar-refractivity contribution >= 4 is 15.7 Å². The number of anilines is 1. The number of nitrogens with zero attached hydrogens (tertiary/aromatic N) is 1. The van der Waals surface area contributed by atoms with Gasteiger partial charge in [-0.2, -0.15) is 4.31 Å². The molecule has 0 atom stereocenters. The van der Waals surface area contributed by atoms with Crippen LogP contribution in [0.15, 0.2) is 23.1 Å². The Labute approximate surface area is 101 Å². The third kappa shape index (κ3) is 2.29. The zero-order valence-electron chi connectivity index (χ0n) is 9.63. The minimum absolute atomic E-state index is 0.0297. The van der Waals surface area contributed by atoms with E-state index in [0.29, 0.717) is 18.8 Å². The number of aliphatic hydroxyl groups excluding tert-OH is 1. The van der Waals surface area contributed by atoms with Crippen molar-refractivity contribution < 1.29 is 13.5 Å². The maximum Gasteiger partial charge on any atom is 0.243 e. The molecule has 1 aliphatic heterocycles. The quantitative estimate of drug-likeness (QED) is 0.756. The van der Waals surface area contributed by atoms with Gasteiger partial charge in [-0.25, -0.2) is 8.42 Å². The molecule has 0 bridgehead atoms. The highest BCUT2D eigenvalue weighted by atomic mass is 32.2. The highest BCUT2D eigenvalue weighted by molar-refractivity contribution is 7.89. The van der Waals surface area contributed by atoms with Crippen molar-refractivity contribution in [1.29, 1.82) is 0 Å². The molecule has 0 radical (unpaired) electrons. The van der Waals surface area contributed by atoms with Gasteiger partial charge in [0.2, 0.25) is 10.0 Å². The molecule has 1 saturated heterocycles. The fraction of sp³-hybridized carbons (Fsp3) is 0.455. The standard InChI is InChI=1S/C11H16N2O3S/c1-8-2-10(12)4-11(3-8)17(15,16)13-5-9(6-13)7-14/h2-4,9,14H,5-7,12H2,1H3. The Bertz CT molecular complexity index is 501. The second-order valence-corrected chi connectivity index (χ2v) is 6.39. The average Bonchev–Trinajstić information content (AvgIpc) is 2.13. The van der Waals surface area contributed by atoms with Crippen LogP contribution in [0.2, 0.25) is 0 Å². The molecule has 0 aliphatic carbocycles. The molecule has 1 aromatic rings. The van der Waals surface area contributed by atoms with Crippen LogP contribution in [0, 0.1) is 12.8 Å². The van der Waals surface area contributed by atoms with Gasteiger partial charge in [0, 0.05) is 31.3 Å². The molecule has 2 rings (SSSR count). The van der Waals surface area contributed by atoms with E-state index in [0.717, 1.165) is 5.56 Å². The number of nitrogen functional groups attached to an aromatic ring is 1. The van der Waals surface area contributed by atoms with Gasteiger partial charge < -0.3 is 10.8 Å². The van der Waals surface area contributed by atoms with E-state index in [-0.39, 0.29) is 17.4 Å². The van der Waals surface area contributed by atoms with Crippen molar-refractivity contribution in [3.63, 3.8) is 0 Å². The summed E-state index contributed by atoms with van der Waals surface area (Å²) in [5, 5.41) is 8.89. The van der Waals surface area contributed by atoms with Gasteiger partial charge in [-0.3, -0.25) is 0 Å². The van der Waals surface area contributed by atoms with Crippen LogP contribution in [-0.4, -0.2) is 37.5 Å². The first kappa shape index (κ1) is 12.3. The van der Waals surface area contributed by atoms with Gasteiger partial charge in [-0.1, -0.05) is 0 Å². The van der Waals surface area contributed by atoms with Crippen LogP contribution in [0.3, 0.4) is 0 Å². The van der Waals surface area contributed by atoms with Gasteiger partial charge in [0.25, 0.3) is 0 Å². The van der Waals surface area contributed by atoms with Crippen molar-refractivity contribution in [2.45, 2.75) is 11.8 Å². The van der Waals surface area contributed by atoms with Gasteiger partial charge in [0.1, 0.15) is 0 Å². The fourth-order valence-electron chi connectivity index (χ4n) is 1.91. The van der Waals surface area contributed by atoms with E-state index in [1.54, 1.807) is 12.1 Å². The molecule has 0 unspecified atom stereocenters. The number of hydrogen-bond acceptors (Lipinski definition) is 4. The second kappa shape index (κ2) is 4.29. The molecule has 17 heavy (non-hydrogen) atoms. The number of hydrogen-bond donors (Lipinski definition) is 2. The van der Waals surface area contributed by atoms with Crippen molar-refractivity contribution in [2.24, 2.45) is 5.92 Å². The van der Waals surface area contributed by atoms with Crippen molar-refractivity contribution in [1.82, 2.24) is 4.31 Å². The molecule has 0 spiro atoms. The zero-order chi connectivity index (χ0) is 12.6. The van der Waals surface area contributed by atoms with E-state index in [1.807, 2.05) is 6.92 Å². The molecule has 0 aromatic heterocycles. The number of rotatable bonds is 3. The highest BCUT2D eigenvalue weighted by Gasteiger charge is 2.36. The molecule has 5 nitrogen and oxygen atoms in total. The minimum atomic E-state index is -3.45. The maximum absolute atomic E-state index is 12.2. The lowest BCUT2D eigenvalue weighted by Gasteiger charge is -2.37. The van der Waals surface area contributed by atoms with E-state index < -0.39 is 10.0 Å². The molecule has 1 aliphatic rings. The fourth-order valence-corrected chi connectivity index (χ4v) is 3.64. The normalized spacial score (nSPS) is 18.0. The maximum atomic E-state index is 12.2. The van der Waals surface area contributed by atoms with E-state index >= 15 is 0 Å². The average molecular weight is 256 g/mol. The van der Waals surface area contributed by atoms with Crippen LogP contribution in [0.5, 0.6) is 0 Å². The Morgan fingerprint density at radius 1 is 1.41 bits per heavy atom. The molecular weight excluding hydrogens is 240 g/mol. The molecule has 0 amide bonds. The van der Waals surface area contributed by atoms with Gasteiger partial charge in [-0.05, 0) is 30.7 Å². The molecule has 6 heteroatoms. The Morgan fingerprint density at radius 2 is 2.06 bits per heavy atom. The summed E-state index contributed by atoms with van der Waals surface area (Å²) in [5.74, 6) is 0.0620. The molecule has 0 saturated carbocycles. The first-order chi connectivity index (χ1) is 7.93. The molecule has 1 fully saturated rings. The Kier molecular flexibility index (Phi) is 3.11. The summed E-state index contributed by atoms with van der Waals surface area (Å²) >= 11 is 0. The minimum Gasteiger partial charge on any atom is -0.399 e. The lowest BCUT2D eigenvalue weighted by molar-refractivity contribution is 0.117. The number of nitrogens with two attached hydrogens (primary N) is 1. The van der Waals surface area contributed by atoms with E-state index in [2.05, 4.69) is 0 Å². The SMILES string of the molecule is Cc1cc(N)cc(S(=O)(=O)N2CC(CO)C2)c1. The predicted octanol–water partition coefficient (Wildman–Crippen LogP) is 0.190. The summed E-state index contributed by atoms with van der Waals surface area (Å²) in [5.41, 5.74) is 6.92. The van der Waals surface area contributed by atoms with Crippen LogP contribution in [0.4, 0.5) is 5.69 Å². The van der Waals surface area contributed by atoms with Gasteiger partial charge in [0.05, 0.1) is 4.90 Å². The lowest BCUT2D eigenvalue weighted by Crippen LogP contribution is -2.51. The Morgan fingerprint density at radius 3 is 2.59 bits per heavy atom. The Hall–Kier alpha value is -1.11. The number of benzene rings is 1. The predicted molar refractivity (Wildman–Crippen MR) is 64.9 cm³/mol. The third-order valence-corrected chi connectivity index (χ3v) is 4.70. The van der Waals surface area contributed by atoms with Crippen LogP contribution in [0.25, 0.3) is 0 Å². The molecule has 94 valence electrons. The summed E-state index contributed by atoms with van der Waals surface area (Å²) in [6.45, 7) is 2.60. The summed E-state index contributed by atoms with van der Waals surface area (Å²) in [6.07, 6.45) is 0. The van der Waals surface area contributed by atoms with Crippen molar-refractivity contribution in [3.05, 3.63) is 23.8 Å². The molecule has 1 heterocycles. The third-order valence-electron chi connectivity index (χ3n) is 2.89. The van der Waals surface area contributed by atoms with Crippen LogP contribution < -0.4 is 5.73 Å². The van der Waals surface area contributed by atoms with Crippen molar-refractivity contribution in [2.75, 3.05) is 25.4 Å². The zero-order valence-corrected chi connectivity index (χ0v) is 10.4. The molecular formula is C11H16N2O3S. The van der Waals surface area contributed by atoms with Crippen molar-refractivity contribution in [3.8, 4) is 0 Å². The topological polar surface area (TPSA) is 83.6 Å². The van der Waals surface area contributed by atoms with E-state index in [4.69, 9.17) is 10.8 Å². The lowest BCUT2D eigenvalue weighted by atomic mass is 10.1. The smallest absolute Gasteiger partial charge is 0.243 e. The van der Waals surface area contributed by atoms with E-state index in [9.17, 15) is 8.42 Å². The Balaban J connectivity index is 2.27. The van der Waals surface area contributed by atoms with Gasteiger partial charge >= 0.3 is 0 Å². The van der Waals surface area contributed by atoms with Gasteiger partial charge in [0.15, 0.2) is 0 Å².